The third kappa shape index (κ3) is 7.37. The lowest BCUT2D eigenvalue weighted by Crippen LogP contribution is -2.19. The number of benzene rings is 1. The van der Waals surface area contributed by atoms with Crippen molar-refractivity contribution < 1.29 is 9.53 Å². The van der Waals surface area contributed by atoms with Crippen LogP contribution in [0.4, 0.5) is 0 Å². The van der Waals surface area contributed by atoms with Gasteiger partial charge in [0, 0.05) is 11.4 Å². The zero-order chi connectivity index (χ0) is 19.8. The van der Waals surface area contributed by atoms with Gasteiger partial charge in [0.15, 0.2) is 5.16 Å². The van der Waals surface area contributed by atoms with Crippen LogP contribution >= 0.6 is 56.9 Å². The maximum absolute atomic E-state index is 11.9. The van der Waals surface area contributed by atoms with Crippen molar-refractivity contribution in [3.8, 4) is 5.75 Å². The summed E-state index contributed by atoms with van der Waals surface area (Å²) < 4.78 is 7.58. The van der Waals surface area contributed by atoms with Crippen LogP contribution in [0, 0.1) is 21.0 Å². The van der Waals surface area contributed by atoms with Gasteiger partial charge < -0.3 is 4.74 Å². The number of hydrogen-bond acceptors (Lipinski definition) is 6. The van der Waals surface area contributed by atoms with Crippen molar-refractivity contribution in [1.82, 2.24) is 15.4 Å². The predicted molar refractivity (Wildman–Crippen MR) is 126 cm³/mol. The molecular weight excluding hydrogens is 590 g/mol. The lowest BCUT2D eigenvalue weighted by molar-refractivity contribution is -0.118. The van der Waals surface area contributed by atoms with E-state index in [1.807, 2.05) is 32.0 Å². The molecule has 0 saturated carbocycles. The van der Waals surface area contributed by atoms with Crippen LogP contribution in [0.5, 0.6) is 5.75 Å². The van der Waals surface area contributed by atoms with E-state index in [0.717, 1.165) is 29.8 Å². The molecule has 1 aromatic heterocycles. The number of rotatable bonds is 8. The number of hydrogen-bond donors (Lipinski definition) is 1. The molecule has 0 unspecified atom stereocenters. The van der Waals surface area contributed by atoms with E-state index in [0.29, 0.717) is 11.8 Å². The van der Waals surface area contributed by atoms with E-state index < -0.39 is 0 Å². The molecule has 9 heteroatoms. The SMILES string of the molecule is C=CCOc1c(I)cc(/C=N\NC(=O)CSc2nc(C)cc(C)n2)cc1I. The van der Waals surface area contributed by atoms with Gasteiger partial charge in [-0.2, -0.15) is 5.10 Å². The fourth-order valence-corrected chi connectivity index (χ4v) is 4.90. The van der Waals surface area contributed by atoms with Crippen molar-refractivity contribution in [2.45, 2.75) is 19.0 Å². The molecule has 0 aliphatic rings. The van der Waals surface area contributed by atoms with E-state index >= 15 is 0 Å². The van der Waals surface area contributed by atoms with Crippen LogP contribution in [0.3, 0.4) is 0 Å². The summed E-state index contributed by atoms with van der Waals surface area (Å²) in [6.45, 7) is 7.91. The molecule has 1 heterocycles. The minimum Gasteiger partial charge on any atom is -0.487 e. The van der Waals surface area contributed by atoms with E-state index in [2.05, 4.69) is 72.3 Å². The van der Waals surface area contributed by atoms with Crippen LogP contribution in [0.2, 0.25) is 0 Å². The van der Waals surface area contributed by atoms with Gasteiger partial charge in [-0.15, -0.1) is 0 Å². The number of ether oxygens (including phenoxy) is 1. The molecule has 1 amide bonds. The molecule has 1 N–H and O–H groups in total. The first-order chi connectivity index (χ1) is 12.9. The van der Waals surface area contributed by atoms with E-state index in [9.17, 15) is 4.79 Å². The Kier molecular flexibility index (Phi) is 8.96. The van der Waals surface area contributed by atoms with Crippen molar-refractivity contribution >= 4 is 69.1 Å². The molecule has 0 saturated heterocycles. The van der Waals surface area contributed by atoms with Crippen molar-refractivity contribution in [2.24, 2.45) is 5.10 Å². The summed E-state index contributed by atoms with van der Waals surface area (Å²) in [4.78, 5) is 20.5. The second kappa shape index (κ2) is 11.0. The number of hydrazone groups is 1. The van der Waals surface area contributed by atoms with Gasteiger partial charge in [0.05, 0.1) is 19.1 Å². The normalized spacial score (nSPS) is 10.8. The highest BCUT2D eigenvalue weighted by Gasteiger charge is 2.08. The zero-order valence-electron chi connectivity index (χ0n) is 14.8. The summed E-state index contributed by atoms with van der Waals surface area (Å²) in [5, 5.41) is 4.61. The summed E-state index contributed by atoms with van der Waals surface area (Å²) in [6.07, 6.45) is 3.32. The Morgan fingerprint density at radius 2 is 1.89 bits per heavy atom. The molecule has 2 aromatic rings. The quantitative estimate of drug-likeness (QED) is 0.122. The van der Waals surface area contributed by atoms with Crippen molar-refractivity contribution in [3.05, 3.63) is 54.9 Å². The topological polar surface area (TPSA) is 76.5 Å². The van der Waals surface area contributed by atoms with Gasteiger partial charge >= 0.3 is 0 Å². The Labute approximate surface area is 189 Å². The molecule has 0 bridgehead atoms. The van der Waals surface area contributed by atoms with Gasteiger partial charge in [-0.1, -0.05) is 24.4 Å². The molecule has 6 nitrogen and oxygen atoms in total. The van der Waals surface area contributed by atoms with Gasteiger partial charge in [0.25, 0.3) is 5.91 Å². The van der Waals surface area contributed by atoms with E-state index in [1.54, 1.807) is 12.3 Å². The number of halogens is 2. The highest BCUT2D eigenvalue weighted by molar-refractivity contribution is 14.1. The molecule has 2 rings (SSSR count). The summed E-state index contributed by atoms with van der Waals surface area (Å²) in [7, 11) is 0. The molecule has 0 fully saturated rings. The van der Waals surface area contributed by atoms with Crippen LogP contribution in [-0.4, -0.2) is 34.4 Å². The molecule has 0 atom stereocenters. The largest absolute Gasteiger partial charge is 0.487 e. The second-order valence-corrected chi connectivity index (χ2v) is 8.70. The van der Waals surface area contributed by atoms with Crippen LogP contribution in [0.25, 0.3) is 0 Å². The fraction of sp³-hybridized carbons (Fsp3) is 0.222. The Bertz CT molecular complexity index is 831. The highest BCUT2D eigenvalue weighted by Crippen LogP contribution is 2.28. The van der Waals surface area contributed by atoms with Gasteiger partial charge in [-0.25, -0.2) is 15.4 Å². The molecule has 0 radical (unpaired) electrons. The third-order valence-corrected chi connectivity index (χ3v) is 5.51. The van der Waals surface area contributed by atoms with Crippen molar-refractivity contribution in [2.75, 3.05) is 12.4 Å². The summed E-state index contributed by atoms with van der Waals surface area (Å²) in [6, 6.07) is 5.77. The smallest absolute Gasteiger partial charge is 0.250 e. The maximum atomic E-state index is 11.9. The number of nitrogens with one attached hydrogen (secondary N) is 1. The molecular formula is C18H18I2N4O2S. The zero-order valence-corrected chi connectivity index (χ0v) is 20.0. The number of nitrogens with zero attached hydrogens (tertiary/aromatic N) is 3. The molecule has 142 valence electrons. The summed E-state index contributed by atoms with van der Waals surface area (Å²) in [5.41, 5.74) is 5.16. The number of aryl methyl sites for hydroxylation is 2. The number of carbonyl (C=O) groups is 1. The Morgan fingerprint density at radius 3 is 2.48 bits per heavy atom. The average Bonchev–Trinajstić information content (AvgIpc) is 2.58. The summed E-state index contributed by atoms with van der Waals surface area (Å²) in [5.74, 6) is 0.806. The average molecular weight is 608 g/mol. The first-order valence-electron chi connectivity index (χ1n) is 7.88. The molecule has 0 aliphatic carbocycles. The standard InChI is InChI=1S/C18H18I2N4O2S/c1-4-5-26-17-14(19)7-13(8-15(17)20)9-21-24-16(25)10-27-18-22-11(2)6-12(3)23-18/h4,6-9H,1,5,10H2,2-3H3,(H,24,25)/b21-9-. The monoisotopic (exact) mass is 608 g/mol. The van der Waals surface area contributed by atoms with E-state index in [-0.39, 0.29) is 11.7 Å². The van der Waals surface area contributed by atoms with Crippen LogP contribution < -0.4 is 10.2 Å². The Morgan fingerprint density at radius 1 is 1.26 bits per heavy atom. The first-order valence-corrected chi connectivity index (χ1v) is 11.0. The summed E-state index contributed by atoms with van der Waals surface area (Å²) >= 11 is 5.70. The number of aromatic nitrogens is 2. The van der Waals surface area contributed by atoms with Crippen molar-refractivity contribution in [3.63, 3.8) is 0 Å². The Hall–Kier alpha value is -1.21. The number of carbonyl (C=O) groups excluding carboxylic acids is 1. The molecule has 0 aliphatic heterocycles. The van der Waals surface area contributed by atoms with Crippen LogP contribution in [-0.2, 0) is 4.79 Å². The van der Waals surface area contributed by atoms with Crippen LogP contribution in [0.1, 0.15) is 17.0 Å². The van der Waals surface area contributed by atoms with Crippen molar-refractivity contribution in [1.29, 1.82) is 0 Å². The third-order valence-electron chi connectivity index (χ3n) is 3.06. The van der Waals surface area contributed by atoms with Gasteiger partial charge in [-0.3, -0.25) is 4.79 Å². The van der Waals surface area contributed by atoms with E-state index in [4.69, 9.17) is 4.74 Å². The minimum absolute atomic E-state index is 0.198. The lowest BCUT2D eigenvalue weighted by Gasteiger charge is -2.09. The van der Waals surface area contributed by atoms with Crippen LogP contribution in [0.15, 0.2) is 41.1 Å². The van der Waals surface area contributed by atoms with Gasteiger partial charge in [0.2, 0.25) is 0 Å². The molecule has 1 aromatic carbocycles. The number of thioether (sulfide) groups is 1. The first kappa shape index (κ1) is 22.1. The second-order valence-electron chi connectivity index (χ2n) is 5.43. The molecule has 0 spiro atoms. The predicted octanol–water partition coefficient (Wildman–Crippen LogP) is 4.11. The maximum Gasteiger partial charge on any atom is 0.250 e. The fourth-order valence-electron chi connectivity index (χ4n) is 2.03. The highest BCUT2D eigenvalue weighted by atomic mass is 127. The van der Waals surface area contributed by atoms with Gasteiger partial charge in [-0.05, 0) is 82.8 Å². The number of amides is 1. The van der Waals surface area contributed by atoms with E-state index in [1.165, 1.54) is 11.8 Å². The molecule has 27 heavy (non-hydrogen) atoms. The minimum atomic E-state index is -0.214. The Balaban J connectivity index is 1.90. The van der Waals surface area contributed by atoms with Gasteiger partial charge in [0.1, 0.15) is 12.4 Å². The lowest BCUT2D eigenvalue weighted by atomic mass is 10.2.